The number of anilines is 1. The van der Waals surface area contributed by atoms with Crippen LogP contribution >= 0.6 is 0 Å². The van der Waals surface area contributed by atoms with Crippen molar-refractivity contribution in [2.45, 2.75) is 45.8 Å². The third kappa shape index (κ3) is 3.78. The second-order valence-corrected chi connectivity index (χ2v) is 8.99. The number of β-amino-alcohol motifs (C(OH)–C–C–N with tert-alkyl or cyclic N) is 1. The van der Waals surface area contributed by atoms with Gasteiger partial charge in [-0.15, -0.1) is 0 Å². The summed E-state index contributed by atoms with van der Waals surface area (Å²) in [7, 11) is 0. The second-order valence-electron chi connectivity index (χ2n) is 8.99. The van der Waals surface area contributed by atoms with Crippen LogP contribution in [0.3, 0.4) is 0 Å². The first-order chi connectivity index (χ1) is 16.8. The van der Waals surface area contributed by atoms with Gasteiger partial charge in [-0.05, 0) is 51.3 Å². The lowest BCUT2D eigenvalue weighted by molar-refractivity contribution is -0.0357. The minimum Gasteiger partial charge on any atom is -0.452 e. The number of nitrogens with one attached hydrogen (secondary N) is 1. The molecule has 2 N–H and O–H groups in total. The topological polar surface area (TPSA) is 99.4 Å². The summed E-state index contributed by atoms with van der Waals surface area (Å²) in [6, 6.07) is 4.36. The van der Waals surface area contributed by atoms with Crippen molar-refractivity contribution < 1.29 is 23.8 Å². The number of amides is 3. The number of hydrogen-bond donors (Lipinski definition) is 2. The molecule has 0 aliphatic carbocycles. The molecule has 2 aliphatic rings. The van der Waals surface area contributed by atoms with E-state index in [0.717, 1.165) is 0 Å². The number of aromatic nitrogens is 2. The van der Waals surface area contributed by atoms with Crippen LogP contribution in [0.5, 0.6) is 11.5 Å². The summed E-state index contributed by atoms with van der Waals surface area (Å²) >= 11 is 0. The van der Waals surface area contributed by atoms with Gasteiger partial charge >= 0.3 is 6.03 Å². The maximum absolute atomic E-state index is 15.5. The largest absolute Gasteiger partial charge is 0.452 e. The van der Waals surface area contributed by atoms with E-state index in [4.69, 9.17) is 4.74 Å². The van der Waals surface area contributed by atoms with Gasteiger partial charge in [0.1, 0.15) is 5.52 Å². The van der Waals surface area contributed by atoms with E-state index in [2.05, 4.69) is 10.4 Å². The third-order valence-electron chi connectivity index (χ3n) is 6.89. The molecule has 2 atom stereocenters. The average molecular weight is 482 g/mol. The highest BCUT2D eigenvalue weighted by Gasteiger charge is 2.38. The molecule has 9 nitrogen and oxygen atoms in total. The van der Waals surface area contributed by atoms with Gasteiger partial charge in [-0.25, -0.2) is 13.7 Å². The molecule has 0 saturated carbocycles. The predicted molar refractivity (Wildman–Crippen MR) is 128 cm³/mol. The standard InChI is InChI=1S/C25H28FN5O4/c1-4-27-25(34)29-11-5-6-16-18(29)7-8-20(22(16)26)35-21-9-10-28-31-12-17(14(2)23(21)31)24(33)30-13-19(32)15(30)3/h7-10,12,15,19,32H,4-6,11,13H2,1-3H3,(H,27,34)/t15-,19+/m0/s1. The quantitative estimate of drug-likeness (QED) is 0.596. The molecule has 3 amide bonds. The Morgan fingerprint density at radius 2 is 2.09 bits per heavy atom. The Morgan fingerprint density at radius 3 is 2.80 bits per heavy atom. The molecule has 0 unspecified atom stereocenters. The van der Waals surface area contributed by atoms with Gasteiger partial charge in [-0.2, -0.15) is 5.10 Å². The molecule has 1 saturated heterocycles. The zero-order valence-corrected chi connectivity index (χ0v) is 19.9. The molecule has 35 heavy (non-hydrogen) atoms. The highest BCUT2D eigenvalue weighted by molar-refractivity contribution is 5.99. The molecule has 5 rings (SSSR count). The summed E-state index contributed by atoms with van der Waals surface area (Å²) < 4.78 is 23.1. The van der Waals surface area contributed by atoms with E-state index in [1.54, 1.807) is 46.5 Å². The molecule has 4 heterocycles. The number of benzene rings is 1. The van der Waals surface area contributed by atoms with Crippen molar-refractivity contribution in [1.82, 2.24) is 19.8 Å². The number of carbonyl (C=O) groups excluding carboxylic acids is 2. The summed E-state index contributed by atoms with van der Waals surface area (Å²) in [4.78, 5) is 28.6. The number of likely N-dealkylation sites (tertiary alicyclic amines) is 1. The number of halogens is 1. The van der Waals surface area contributed by atoms with Gasteiger partial charge in [0, 0.05) is 37.5 Å². The number of urea groups is 1. The van der Waals surface area contributed by atoms with Gasteiger partial charge in [0.25, 0.3) is 5.91 Å². The SMILES string of the molecule is CCNC(=O)N1CCCc2c1ccc(Oc1ccnn3cc(C(=O)N4C[C@@H](O)[C@@H]4C)c(C)c13)c2F. The van der Waals surface area contributed by atoms with Crippen LogP contribution in [0.15, 0.2) is 30.6 Å². The van der Waals surface area contributed by atoms with Crippen LogP contribution < -0.4 is 15.0 Å². The zero-order chi connectivity index (χ0) is 24.9. The Labute approximate surface area is 202 Å². The Bertz CT molecular complexity index is 1320. The van der Waals surface area contributed by atoms with Crippen molar-refractivity contribution >= 4 is 23.1 Å². The molecular formula is C25H28FN5O4. The molecule has 0 bridgehead atoms. The first-order valence-electron chi connectivity index (χ1n) is 11.8. The van der Waals surface area contributed by atoms with E-state index >= 15 is 4.39 Å². The number of hydrogen-bond acceptors (Lipinski definition) is 5. The van der Waals surface area contributed by atoms with Gasteiger partial charge in [-0.1, -0.05) is 0 Å². The van der Waals surface area contributed by atoms with Crippen molar-refractivity contribution in [3.05, 3.63) is 53.1 Å². The molecule has 2 aromatic heterocycles. The number of ether oxygens (including phenoxy) is 1. The number of rotatable bonds is 4. The fourth-order valence-corrected chi connectivity index (χ4v) is 4.80. The Balaban J connectivity index is 1.48. The van der Waals surface area contributed by atoms with E-state index in [9.17, 15) is 14.7 Å². The van der Waals surface area contributed by atoms with E-state index in [1.807, 2.05) is 6.92 Å². The van der Waals surface area contributed by atoms with Crippen molar-refractivity contribution in [2.75, 3.05) is 24.5 Å². The Morgan fingerprint density at radius 1 is 1.29 bits per heavy atom. The zero-order valence-electron chi connectivity index (χ0n) is 19.9. The summed E-state index contributed by atoms with van der Waals surface area (Å²) in [5.41, 5.74) is 2.66. The summed E-state index contributed by atoms with van der Waals surface area (Å²) in [6.07, 6.45) is 3.79. The normalized spacial score (nSPS) is 19.3. The number of aliphatic hydroxyl groups is 1. The molecule has 1 fully saturated rings. The van der Waals surface area contributed by atoms with E-state index < -0.39 is 11.9 Å². The van der Waals surface area contributed by atoms with Gasteiger partial charge in [0.15, 0.2) is 17.3 Å². The molecule has 3 aromatic rings. The fourth-order valence-electron chi connectivity index (χ4n) is 4.80. The minimum absolute atomic E-state index is 0.0440. The van der Waals surface area contributed by atoms with Crippen LogP contribution in [0.2, 0.25) is 0 Å². The molecule has 184 valence electrons. The number of carbonyl (C=O) groups is 2. The van der Waals surface area contributed by atoms with Crippen molar-refractivity contribution in [2.24, 2.45) is 0 Å². The molecule has 10 heteroatoms. The van der Waals surface area contributed by atoms with E-state index in [-0.39, 0.29) is 30.3 Å². The van der Waals surface area contributed by atoms with Gasteiger partial charge in [-0.3, -0.25) is 9.69 Å². The monoisotopic (exact) mass is 481 g/mol. The van der Waals surface area contributed by atoms with Gasteiger partial charge in [0.05, 0.1) is 29.6 Å². The highest BCUT2D eigenvalue weighted by Crippen LogP contribution is 2.38. The van der Waals surface area contributed by atoms with Crippen LogP contribution in [-0.2, 0) is 6.42 Å². The number of fused-ring (bicyclic) bond motifs is 2. The molecular weight excluding hydrogens is 453 g/mol. The van der Waals surface area contributed by atoms with Crippen molar-refractivity contribution in [3.8, 4) is 11.5 Å². The predicted octanol–water partition coefficient (Wildman–Crippen LogP) is 3.26. The smallest absolute Gasteiger partial charge is 0.321 e. The number of aryl methyl sites for hydroxylation is 1. The van der Waals surface area contributed by atoms with Gasteiger partial charge in [0.2, 0.25) is 0 Å². The maximum Gasteiger partial charge on any atom is 0.321 e. The van der Waals surface area contributed by atoms with Crippen LogP contribution in [0, 0.1) is 12.7 Å². The molecule has 0 spiro atoms. The highest BCUT2D eigenvalue weighted by atomic mass is 19.1. The minimum atomic E-state index is -0.524. The first kappa shape index (κ1) is 23.1. The summed E-state index contributed by atoms with van der Waals surface area (Å²) in [5, 5.41) is 16.9. The van der Waals surface area contributed by atoms with Crippen LogP contribution in [0.4, 0.5) is 14.9 Å². The van der Waals surface area contributed by atoms with Crippen molar-refractivity contribution in [1.29, 1.82) is 0 Å². The van der Waals surface area contributed by atoms with Crippen LogP contribution in [-0.4, -0.2) is 63.3 Å². The van der Waals surface area contributed by atoms with Gasteiger partial charge < -0.3 is 20.1 Å². The lowest BCUT2D eigenvalue weighted by atomic mass is 9.99. The molecule has 0 radical (unpaired) electrons. The summed E-state index contributed by atoms with van der Waals surface area (Å²) in [5.74, 6) is -0.288. The lowest BCUT2D eigenvalue weighted by Gasteiger charge is -2.43. The molecule has 1 aromatic carbocycles. The lowest BCUT2D eigenvalue weighted by Crippen LogP contribution is -2.60. The summed E-state index contributed by atoms with van der Waals surface area (Å²) in [6.45, 7) is 6.74. The molecule has 2 aliphatic heterocycles. The van der Waals surface area contributed by atoms with Crippen molar-refractivity contribution in [3.63, 3.8) is 0 Å². The first-order valence-corrected chi connectivity index (χ1v) is 11.8. The Kier molecular flexibility index (Phi) is 5.84. The van der Waals surface area contributed by atoms with Crippen LogP contribution in [0.25, 0.3) is 5.52 Å². The third-order valence-corrected chi connectivity index (χ3v) is 6.89. The average Bonchev–Trinajstić information content (AvgIpc) is 3.20. The maximum atomic E-state index is 15.5. The van der Waals surface area contributed by atoms with E-state index in [0.29, 0.717) is 59.6 Å². The number of aliphatic hydroxyl groups excluding tert-OH is 1. The second kappa shape index (κ2) is 8.84. The van der Waals surface area contributed by atoms with E-state index in [1.165, 1.54) is 12.3 Å². The number of nitrogens with zero attached hydrogens (tertiary/aromatic N) is 4. The fraction of sp³-hybridized carbons (Fsp3) is 0.400. The Hall–Kier alpha value is -3.66. The van der Waals surface area contributed by atoms with Crippen LogP contribution in [0.1, 0.15) is 41.8 Å².